The molecule has 1 aromatic carbocycles. The predicted octanol–water partition coefficient (Wildman–Crippen LogP) is 3.28. The molecule has 138 valence electrons. The van der Waals surface area contributed by atoms with Crippen LogP contribution in [0.4, 0.5) is 0 Å². The molecule has 0 amide bonds. The zero-order valence-corrected chi connectivity index (χ0v) is 15.1. The molecule has 3 rings (SSSR count). The first kappa shape index (κ1) is 18.6. The average molecular weight is 346 g/mol. The van der Waals surface area contributed by atoms with Crippen molar-refractivity contribution in [2.24, 2.45) is 17.8 Å². The van der Waals surface area contributed by atoms with Gasteiger partial charge in [0.25, 0.3) is 0 Å². The van der Waals surface area contributed by atoms with Crippen molar-refractivity contribution in [2.75, 3.05) is 13.2 Å². The van der Waals surface area contributed by atoms with Crippen LogP contribution in [0.2, 0.25) is 0 Å². The molecule has 1 saturated heterocycles. The summed E-state index contributed by atoms with van der Waals surface area (Å²) in [7, 11) is 0. The molecular weight excluding hydrogens is 316 g/mol. The van der Waals surface area contributed by atoms with Gasteiger partial charge in [0, 0.05) is 12.3 Å². The Morgan fingerprint density at radius 3 is 2.80 bits per heavy atom. The van der Waals surface area contributed by atoms with Crippen molar-refractivity contribution < 1.29 is 19.4 Å². The van der Waals surface area contributed by atoms with Crippen LogP contribution in [-0.4, -0.2) is 37.0 Å². The lowest BCUT2D eigenvalue weighted by Gasteiger charge is -2.26. The van der Waals surface area contributed by atoms with Gasteiger partial charge in [-0.15, -0.1) is 0 Å². The third-order valence-corrected chi connectivity index (χ3v) is 5.82. The first-order valence-electron chi connectivity index (χ1n) is 9.58. The number of aldehydes is 1. The highest BCUT2D eigenvalue weighted by Gasteiger charge is 2.36. The zero-order valence-electron chi connectivity index (χ0n) is 15.1. The highest BCUT2D eigenvalue weighted by molar-refractivity contribution is 5.50. The van der Waals surface area contributed by atoms with E-state index in [0.717, 1.165) is 38.4 Å². The van der Waals surface area contributed by atoms with E-state index in [1.165, 1.54) is 11.1 Å². The van der Waals surface area contributed by atoms with Crippen LogP contribution in [0.25, 0.3) is 0 Å². The number of aryl methyl sites for hydroxylation is 1. The van der Waals surface area contributed by atoms with Crippen molar-refractivity contribution in [2.45, 2.75) is 57.8 Å². The summed E-state index contributed by atoms with van der Waals surface area (Å²) in [4.78, 5) is 10.9. The Morgan fingerprint density at radius 2 is 2.08 bits per heavy atom. The minimum Gasteiger partial charge on any atom is -0.393 e. The van der Waals surface area contributed by atoms with E-state index < -0.39 is 0 Å². The van der Waals surface area contributed by atoms with E-state index in [-0.39, 0.29) is 18.3 Å². The maximum atomic E-state index is 10.9. The van der Waals surface area contributed by atoms with Crippen LogP contribution in [-0.2, 0) is 20.7 Å². The Balaban J connectivity index is 1.62. The molecule has 2 aliphatic rings. The van der Waals surface area contributed by atoms with Gasteiger partial charge in [0.1, 0.15) is 6.29 Å². The van der Waals surface area contributed by atoms with Crippen LogP contribution in [0.3, 0.4) is 0 Å². The molecule has 1 aromatic rings. The maximum Gasteiger partial charge on any atom is 0.160 e. The van der Waals surface area contributed by atoms with Gasteiger partial charge in [-0.1, -0.05) is 29.8 Å². The number of benzene rings is 1. The zero-order chi connectivity index (χ0) is 17.6. The fourth-order valence-electron chi connectivity index (χ4n) is 4.50. The first-order chi connectivity index (χ1) is 12.2. The van der Waals surface area contributed by atoms with E-state index in [1.807, 2.05) is 0 Å². The molecule has 0 spiro atoms. The summed E-state index contributed by atoms with van der Waals surface area (Å²) in [5, 5.41) is 10.1. The first-order valence-corrected chi connectivity index (χ1v) is 9.58. The fourth-order valence-corrected chi connectivity index (χ4v) is 4.50. The molecule has 4 nitrogen and oxygen atoms in total. The molecular formula is C21H30O4. The van der Waals surface area contributed by atoms with Gasteiger partial charge < -0.3 is 19.4 Å². The monoisotopic (exact) mass is 346 g/mol. The fraction of sp³-hybridized carbons (Fsp3) is 0.667. The number of carbonyl (C=O) groups is 1. The van der Waals surface area contributed by atoms with Crippen molar-refractivity contribution >= 4 is 6.29 Å². The molecule has 25 heavy (non-hydrogen) atoms. The molecule has 2 fully saturated rings. The average Bonchev–Trinajstić information content (AvgIpc) is 3.24. The number of hydrogen-bond donors (Lipinski definition) is 1. The molecule has 1 aliphatic heterocycles. The standard InChI is InChI=1S/C21H30O4/c1-15-3-2-4-16(13-15)14-18(21-24-11-12-25-21)6-5-17-7-8-20(23)19(17)9-10-22/h2-4,10,13,17-21,23H,5-9,11-12,14H2,1H3. The van der Waals surface area contributed by atoms with Crippen LogP contribution in [0.5, 0.6) is 0 Å². The molecule has 1 heterocycles. The number of rotatable bonds is 8. The van der Waals surface area contributed by atoms with E-state index in [1.54, 1.807) is 0 Å². The van der Waals surface area contributed by atoms with Crippen LogP contribution in [0.1, 0.15) is 43.2 Å². The Labute approximate surface area is 150 Å². The summed E-state index contributed by atoms with van der Waals surface area (Å²) >= 11 is 0. The summed E-state index contributed by atoms with van der Waals surface area (Å²) < 4.78 is 11.6. The van der Waals surface area contributed by atoms with Gasteiger partial charge in [0.05, 0.1) is 19.3 Å². The molecule has 0 radical (unpaired) electrons. The van der Waals surface area contributed by atoms with Crippen LogP contribution >= 0.6 is 0 Å². The van der Waals surface area contributed by atoms with Gasteiger partial charge in [0.15, 0.2) is 6.29 Å². The summed E-state index contributed by atoms with van der Waals surface area (Å²) in [6.45, 7) is 3.46. The predicted molar refractivity (Wildman–Crippen MR) is 96.2 cm³/mol. The van der Waals surface area contributed by atoms with Crippen LogP contribution in [0, 0.1) is 24.7 Å². The largest absolute Gasteiger partial charge is 0.393 e. The lowest BCUT2D eigenvalue weighted by molar-refractivity contribution is -0.109. The summed E-state index contributed by atoms with van der Waals surface area (Å²) in [5.74, 6) is 0.878. The normalized spacial score (nSPS) is 28.3. The second kappa shape index (κ2) is 8.93. The second-order valence-electron chi connectivity index (χ2n) is 7.61. The third kappa shape index (κ3) is 4.90. The third-order valence-electron chi connectivity index (χ3n) is 5.82. The van der Waals surface area contributed by atoms with Gasteiger partial charge >= 0.3 is 0 Å². The Bertz CT molecular complexity index is 553. The van der Waals surface area contributed by atoms with Crippen LogP contribution < -0.4 is 0 Å². The van der Waals surface area contributed by atoms with Crippen molar-refractivity contribution in [1.82, 2.24) is 0 Å². The minimum atomic E-state index is -0.315. The second-order valence-corrected chi connectivity index (χ2v) is 7.61. The SMILES string of the molecule is Cc1cccc(CC(CCC2CCC(O)C2CC=O)C2OCCO2)c1. The number of hydrogen-bond acceptors (Lipinski definition) is 4. The van der Waals surface area contributed by atoms with Gasteiger partial charge in [-0.2, -0.15) is 0 Å². The molecule has 4 atom stereocenters. The highest BCUT2D eigenvalue weighted by Crippen LogP contribution is 2.38. The van der Waals surface area contributed by atoms with E-state index in [9.17, 15) is 9.90 Å². The van der Waals surface area contributed by atoms with Gasteiger partial charge in [-0.3, -0.25) is 0 Å². The van der Waals surface area contributed by atoms with E-state index in [2.05, 4.69) is 31.2 Å². The van der Waals surface area contributed by atoms with Gasteiger partial charge in [-0.05, 0) is 56.4 Å². The summed E-state index contributed by atoms with van der Waals surface area (Å²) in [5.41, 5.74) is 2.59. The molecule has 4 unspecified atom stereocenters. The summed E-state index contributed by atoms with van der Waals surface area (Å²) in [6.07, 6.45) is 5.80. The van der Waals surface area contributed by atoms with E-state index in [0.29, 0.717) is 31.5 Å². The summed E-state index contributed by atoms with van der Waals surface area (Å²) in [6, 6.07) is 8.62. The van der Waals surface area contributed by atoms with Crippen LogP contribution in [0.15, 0.2) is 24.3 Å². The maximum absolute atomic E-state index is 10.9. The van der Waals surface area contributed by atoms with Gasteiger partial charge in [0.2, 0.25) is 0 Å². The molecule has 1 aliphatic carbocycles. The quantitative estimate of drug-likeness (QED) is 0.734. The Morgan fingerprint density at radius 1 is 1.28 bits per heavy atom. The number of ether oxygens (including phenoxy) is 2. The molecule has 0 bridgehead atoms. The lowest BCUT2D eigenvalue weighted by atomic mass is 9.84. The molecule has 1 N–H and O–H groups in total. The highest BCUT2D eigenvalue weighted by atomic mass is 16.7. The minimum absolute atomic E-state index is 0.127. The van der Waals surface area contributed by atoms with E-state index in [4.69, 9.17) is 9.47 Å². The number of aliphatic hydroxyl groups excluding tert-OH is 1. The van der Waals surface area contributed by atoms with Crippen molar-refractivity contribution in [3.8, 4) is 0 Å². The van der Waals surface area contributed by atoms with Crippen molar-refractivity contribution in [3.05, 3.63) is 35.4 Å². The lowest BCUT2D eigenvalue weighted by Crippen LogP contribution is -2.26. The molecule has 1 saturated carbocycles. The van der Waals surface area contributed by atoms with E-state index >= 15 is 0 Å². The molecule has 0 aromatic heterocycles. The molecule has 4 heteroatoms. The number of carbonyl (C=O) groups excluding carboxylic acids is 1. The number of aliphatic hydroxyl groups is 1. The van der Waals surface area contributed by atoms with Gasteiger partial charge in [-0.25, -0.2) is 0 Å². The smallest absolute Gasteiger partial charge is 0.160 e. The Hall–Kier alpha value is -1.23. The van der Waals surface area contributed by atoms with Crippen molar-refractivity contribution in [1.29, 1.82) is 0 Å². The topological polar surface area (TPSA) is 55.8 Å². The van der Waals surface area contributed by atoms with Crippen molar-refractivity contribution in [3.63, 3.8) is 0 Å². The Kier molecular flexibility index (Phi) is 6.63.